The number of amides is 2. The van der Waals surface area contributed by atoms with Crippen molar-refractivity contribution in [3.63, 3.8) is 0 Å². The van der Waals surface area contributed by atoms with Gasteiger partial charge in [0, 0.05) is 26.7 Å². The van der Waals surface area contributed by atoms with E-state index in [2.05, 4.69) is 47.7 Å². The topological polar surface area (TPSA) is 90.8 Å². The number of hydrogen-bond donors (Lipinski definition) is 3. The molecule has 0 aliphatic rings. The van der Waals surface area contributed by atoms with Gasteiger partial charge in [0.05, 0.1) is 10.7 Å². The Morgan fingerprint density at radius 3 is 2.33 bits per heavy atom. The van der Waals surface area contributed by atoms with Gasteiger partial charge in [0.2, 0.25) is 5.91 Å². The van der Waals surface area contributed by atoms with Gasteiger partial charge >= 0.3 is 0 Å². The van der Waals surface area contributed by atoms with Crippen LogP contribution in [0.25, 0.3) is 0 Å². The molecule has 0 spiro atoms. The van der Waals surface area contributed by atoms with Gasteiger partial charge in [-0.15, -0.1) is 0 Å². The summed E-state index contributed by atoms with van der Waals surface area (Å²) in [6, 6.07) is 9.86. The Bertz CT molecular complexity index is 888. The third-order valence-electron chi connectivity index (χ3n) is 3.51. The van der Waals surface area contributed by atoms with Crippen LogP contribution in [0, 0.1) is 5.41 Å². The number of carbonyl (C=O) groups excluding carboxylic acids is 2. The van der Waals surface area contributed by atoms with Crippen LogP contribution in [0.15, 0.2) is 50.4 Å². The molecule has 0 bridgehead atoms. The number of hydrogen-bond acceptors (Lipinski definition) is 4. The first kappa shape index (κ1) is 21.1. The maximum atomic E-state index is 12.2. The zero-order valence-electron chi connectivity index (χ0n) is 15.0. The van der Waals surface area contributed by atoms with E-state index in [-0.39, 0.29) is 11.7 Å². The zero-order chi connectivity index (χ0) is 20.2. The molecule has 2 aromatic carbocycles. The summed E-state index contributed by atoms with van der Waals surface area (Å²) in [5.41, 5.74) is 3.34. The first-order valence-corrected chi connectivity index (χ1v) is 9.59. The van der Waals surface area contributed by atoms with E-state index in [0.29, 0.717) is 21.3 Å². The van der Waals surface area contributed by atoms with Crippen LogP contribution in [-0.2, 0) is 4.79 Å². The van der Waals surface area contributed by atoms with E-state index in [0.717, 1.165) is 4.47 Å². The molecule has 0 heterocycles. The fourth-order valence-corrected chi connectivity index (χ4v) is 3.19. The predicted octanol–water partition coefficient (Wildman–Crippen LogP) is 4.67. The monoisotopic (exact) mass is 495 g/mol. The maximum absolute atomic E-state index is 12.2. The standard InChI is InChI=1S/C19H19Br2N3O3/c1-19(2,3)18(27)23-14-6-4-11(5-7-14)17(26)24-22-10-12-8-13(20)9-15(21)16(12)25/h4-10,25H,1-3H3,(H,23,27)(H,24,26)/b22-10+. The third-order valence-corrected chi connectivity index (χ3v) is 4.58. The molecule has 0 fully saturated rings. The smallest absolute Gasteiger partial charge is 0.271 e. The van der Waals surface area contributed by atoms with Crippen LogP contribution >= 0.6 is 31.9 Å². The van der Waals surface area contributed by atoms with Crippen molar-refractivity contribution in [2.75, 3.05) is 5.32 Å². The van der Waals surface area contributed by atoms with E-state index in [1.54, 1.807) is 36.4 Å². The van der Waals surface area contributed by atoms with Crippen LogP contribution in [0.2, 0.25) is 0 Å². The van der Waals surface area contributed by atoms with Crippen molar-refractivity contribution in [3.8, 4) is 5.75 Å². The number of anilines is 1. The van der Waals surface area contributed by atoms with Gasteiger partial charge in [0.15, 0.2) is 0 Å². The SMILES string of the molecule is CC(C)(C)C(=O)Nc1ccc(C(=O)N/N=C/c2cc(Br)cc(Br)c2O)cc1. The molecule has 142 valence electrons. The quantitative estimate of drug-likeness (QED) is 0.424. The molecule has 0 radical (unpaired) electrons. The lowest BCUT2D eigenvalue weighted by atomic mass is 9.95. The summed E-state index contributed by atoms with van der Waals surface area (Å²) in [4.78, 5) is 24.1. The largest absolute Gasteiger partial charge is 0.506 e. The lowest BCUT2D eigenvalue weighted by Crippen LogP contribution is -2.27. The Labute approximate surface area is 174 Å². The van der Waals surface area contributed by atoms with E-state index in [9.17, 15) is 14.7 Å². The second kappa shape index (κ2) is 8.67. The van der Waals surface area contributed by atoms with Crippen molar-refractivity contribution in [1.29, 1.82) is 0 Å². The predicted molar refractivity (Wildman–Crippen MR) is 113 cm³/mol. The van der Waals surface area contributed by atoms with Crippen molar-refractivity contribution in [2.45, 2.75) is 20.8 Å². The van der Waals surface area contributed by atoms with Crippen molar-refractivity contribution in [2.24, 2.45) is 10.5 Å². The average molecular weight is 497 g/mol. The average Bonchev–Trinajstić information content (AvgIpc) is 2.58. The van der Waals surface area contributed by atoms with Crippen LogP contribution in [-0.4, -0.2) is 23.1 Å². The normalized spacial score (nSPS) is 11.4. The number of rotatable bonds is 4. The Kier molecular flexibility index (Phi) is 6.78. The van der Waals surface area contributed by atoms with Gasteiger partial charge in [-0.25, -0.2) is 5.43 Å². The Morgan fingerprint density at radius 2 is 1.74 bits per heavy atom. The van der Waals surface area contributed by atoms with Crippen molar-refractivity contribution in [1.82, 2.24) is 5.43 Å². The van der Waals surface area contributed by atoms with Gasteiger partial charge in [0.1, 0.15) is 5.75 Å². The Balaban J connectivity index is 2.01. The molecule has 0 aliphatic heterocycles. The third kappa shape index (κ3) is 5.90. The molecule has 27 heavy (non-hydrogen) atoms. The second-order valence-corrected chi connectivity index (χ2v) is 8.58. The summed E-state index contributed by atoms with van der Waals surface area (Å²) in [5, 5.41) is 16.6. The molecule has 0 unspecified atom stereocenters. The van der Waals surface area contributed by atoms with Gasteiger partial charge < -0.3 is 10.4 Å². The summed E-state index contributed by atoms with van der Waals surface area (Å²) in [5.74, 6) is -0.493. The Hall–Kier alpha value is -2.19. The fraction of sp³-hybridized carbons (Fsp3) is 0.211. The van der Waals surface area contributed by atoms with Crippen molar-refractivity contribution < 1.29 is 14.7 Å². The highest BCUT2D eigenvalue weighted by Crippen LogP contribution is 2.30. The summed E-state index contributed by atoms with van der Waals surface area (Å²) in [7, 11) is 0. The lowest BCUT2D eigenvalue weighted by molar-refractivity contribution is -0.123. The minimum Gasteiger partial charge on any atom is -0.506 e. The van der Waals surface area contributed by atoms with Crippen molar-refractivity contribution in [3.05, 3.63) is 56.5 Å². The number of hydrazone groups is 1. The first-order valence-electron chi connectivity index (χ1n) is 8.01. The molecule has 2 aromatic rings. The molecule has 0 aromatic heterocycles. The number of benzene rings is 2. The van der Waals surface area contributed by atoms with E-state index in [1.165, 1.54) is 6.21 Å². The molecule has 2 rings (SSSR count). The number of carbonyl (C=O) groups is 2. The van der Waals surface area contributed by atoms with E-state index in [1.807, 2.05) is 20.8 Å². The van der Waals surface area contributed by atoms with Crippen LogP contribution in [0.5, 0.6) is 5.75 Å². The van der Waals surface area contributed by atoms with Crippen LogP contribution < -0.4 is 10.7 Å². The molecule has 8 heteroatoms. The molecule has 0 atom stereocenters. The molecule has 0 aliphatic carbocycles. The molecule has 3 N–H and O–H groups in total. The fourth-order valence-electron chi connectivity index (χ4n) is 1.93. The van der Waals surface area contributed by atoms with E-state index < -0.39 is 11.3 Å². The highest BCUT2D eigenvalue weighted by atomic mass is 79.9. The summed E-state index contributed by atoms with van der Waals surface area (Å²) in [6.45, 7) is 5.47. The highest BCUT2D eigenvalue weighted by molar-refractivity contribution is 9.11. The number of phenols is 1. The summed E-state index contributed by atoms with van der Waals surface area (Å²) < 4.78 is 1.27. The molecule has 6 nitrogen and oxygen atoms in total. The summed E-state index contributed by atoms with van der Waals surface area (Å²) in [6.07, 6.45) is 1.35. The lowest BCUT2D eigenvalue weighted by Gasteiger charge is -2.17. The minimum absolute atomic E-state index is 0.0233. The Morgan fingerprint density at radius 1 is 1.11 bits per heavy atom. The van der Waals surface area contributed by atoms with Gasteiger partial charge in [-0.05, 0) is 52.3 Å². The molecule has 2 amide bonds. The van der Waals surface area contributed by atoms with Crippen molar-refractivity contribution >= 4 is 55.6 Å². The molecule has 0 saturated heterocycles. The number of nitrogens with zero attached hydrogens (tertiary/aromatic N) is 1. The number of halogens is 2. The van der Waals surface area contributed by atoms with Gasteiger partial charge in [-0.2, -0.15) is 5.10 Å². The number of aromatic hydroxyl groups is 1. The second-order valence-electron chi connectivity index (χ2n) is 6.81. The first-order chi connectivity index (χ1) is 12.6. The number of phenolic OH excluding ortho intramolecular Hbond substituents is 1. The number of nitrogens with one attached hydrogen (secondary N) is 2. The van der Waals surface area contributed by atoms with Gasteiger partial charge in [-0.1, -0.05) is 36.7 Å². The summed E-state index contributed by atoms with van der Waals surface area (Å²) >= 11 is 6.55. The highest BCUT2D eigenvalue weighted by Gasteiger charge is 2.21. The van der Waals surface area contributed by atoms with E-state index >= 15 is 0 Å². The zero-order valence-corrected chi connectivity index (χ0v) is 18.2. The molecular formula is C19H19Br2N3O3. The van der Waals surface area contributed by atoms with Crippen LogP contribution in [0.4, 0.5) is 5.69 Å². The van der Waals surface area contributed by atoms with Gasteiger partial charge in [-0.3, -0.25) is 9.59 Å². The maximum Gasteiger partial charge on any atom is 0.271 e. The minimum atomic E-state index is -0.502. The van der Waals surface area contributed by atoms with Crippen LogP contribution in [0.1, 0.15) is 36.7 Å². The van der Waals surface area contributed by atoms with E-state index in [4.69, 9.17) is 0 Å². The molecular weight excluding hydrogens is 478 g/mol. The van der Waals surface area contributed by atoms with Crippen LogP contribution in [0.3, 0.4) is 0 Å². The van der Waals surface area contributed by atoms with Gasteiger partial charge in [0.25, 0.3) is 5.91 Å². The molecule has 0 saturated carbocycles.